The molecule has 2 N–H and O–H groups in total. The Morgan fingerprint density at radius 2 is 2.40 bits per heavy atom. The molecule has 0 aliphatic carbocycles. The Bertz CT molecular complexity index is 441. The molecule has 2 heterocycles. The van der Waals surface area contributed by atoms with Gasteiger partial charge in [0.2, 0.25) is 5.91 Å². The fourth-order valence-electron chi connectivity index (χ4n) is 2.10. The first-order chi connectivity index (χ1) is 8.67. The average molecular weight is 290 g/mol. The Kier molecular flexibility index (Phi) is 8.93. The van der Waals surface area contributed by atoms with Gasteiger partial charge in [0.15, 0.2) is 5.13 Å². The van der Waals surface area contributed by atoms with E-state index in [0.717, 1.165) is 37.4 Å². The van der Waals surface area contributed by atoms with Gasteiger partial charge in [0, 0.05) is 24.5 Å². The molecule has 1 atom stereocenters. The van der Waals surface area contributed by atoms with E-state index in [-0.39, 0.29) is 36.2 Å². The van der Waals surface area contributed by atoms with Crippen molar-refractivity contribution in [2.75, 3.05) is 18.4 Å². The van der Waals surface area contributed by atoms with E-state index in [0.29, 0.717) is 5.13 Å². The fourth-order valence-corrected chi connectivity index (χ4v) is 3.01. The summed E-state index contributed by atoms with van der Waals surface area (Å²) in [6.45, 7) is 4.04. The predicted molar refractivity (Wildman–Crippen MR) is 72.0 cm³/mol. The van der Waals surface area contributed by atoms with Crippen molar-refractivity contribution in [2.24, 2.45) is 5.92 Å². The zero-order chi connectivity index (χ0) is 13.0. The summed E-state index contributed by atoms with van der Waals surface area (Å²) in [6.07, 6.45) is 5.86. The third kappa shape index (κ3) is 5.73. The third-order valence-corrected chi connectivity index (χ3v) is 3.79. The van der Waals surface area contributed by atoms with Crippen LogP contribution in [0, 0.1) is 5.92 Å². The number of likely N-dealkylation sites (tertiary alicyclic amines) is 1. The molecule has 1 aliphatic rings. The molecule has 1 fully saturated rings. The first-order valence-electron chi connectivity index (χ1n) is 5.99. The molecule has 20 heavy (non-hydrogen) atoms. The van der Waals surface area contributed by atoms with Crippen molar-refractivity contribution < 1.29 is 33.9 Å². The Balaban J connectivity index is 0.00000180. The van der Waals surface area contributed by atoms with Crippen molar-refractivity contribution in [3.63, 3.8) is 0 Å². The molecular formula is C12H17LiN3O3S-. The molecular weight excluding hydrogens is 273 g/mol. The van der Waals surface area contributed by atoms with Crippen LogP contribution in [0.3, 0.4) is 0 Å². The van der Waals surface area contributed by atoms with E-state index >= 15 is 0 Å². The van der Waals surface area contributed by atoms with Crippen molar-refractivity contribution in [2.45, 2.75) is 26.3 Å². The molecule has 106 valence electrons. The molecule has 6 nitrogen and oxygen atoms in total. The number of thiazole rings is 1. The summed E-state index contributed by atoms with van der Waals surface area (Å²) in [5.41, 5.74) is 0. The van der Waals surface area contributed by atoms with Crippen LogP contribution in [0.2, 0.25) is 0 Å². The van der Waals surface area contributed by atoms with Gasteiger partial charge in [-0.05, 0) is 19.5 Å². The van der Waals surface area contributed by atoms with Crippen molar-refractivity contribution in [3.8, 4) is 0 Å². The number of anilines is 1. The zero-order valence-electron chi connectivity index (χ0n) is 11.8. The number of nitrogens with zero attached hydrogens (tertiary/aromatic N) is 2. The molecule has 1 saturated heterocycles. The molecule has 1 aliphatic heterocycles. The van der Waals surface area contributed by atoms with Crippen LogP contribution in [0.25, 0.3) is 0 Å². The smallest absolute Gasteiger partial charge is 0.870 e. The molecule has 2 rings (SSSR count). The van der Waals surface area contributed by atoms with Gasteiger partial charge in [-0.15, -0.1) is 17.3 Å². The van der Waals surface area contributed by atoms with Crippen LogP contribution in [0.4, 0.5) is 5.13 Å². The quantitative estimate of drug-likeness (QED) is 0.524. The monoisotopic (exact) mass is 290 g/mol. The Labute approximate surface area is 134 Å². The normalized spacial score (nSPS) is 18.6. The first kappa shape index (κ1) is 19.3. The maximum absolute atomic E-state index is 10.9. The number of rotatable bonds is 4. The molecule has 0 spiro atoms. The summed E-state index contributed by atoms with van der Waals surface area (Å²) in [5.74, 6) is -0.0639. The van der Waals surface area contributed by atoms with E-state index in [9.17, 15) is 9.59 Å². The topological polar surface area (TPSA) is 92.3 Å². The van der Waals surface area contributed by atoms with Gasteiger partial charge in [0.25, 0.3) is 0 Å². The third-order valence-electron chi connectivity index (χ3n) is 2.89. The predicted octanol–water partition coefficient (Wildman–Crippen LogP) is -1.75. The van der Waals surface area contributed by atoms with Gasteiger partial charge in [-0.2, -0.15) is 0 Å². The van der Waals surface area contributed by atoms with Gasteiger partial charge in [0.1, 0.15) is 0 Å². The summed E-state index contributed by atoms with van der Waals surface area (Å²) < 4.78 is 0. The van der Waals surface area contributed by atoms with Gasteiger partial charge in [-0.1, -0.05) is 6.42 Å². The van der Waals surface area contributed by atoms with Gasteiger partial charge < -0.3 is 20.5 Å². The first-order valence-corrected chi connectivity index (χ1v) is 6.81. The summed E-state index contributed by atoms with van der Waals surface area (Å²) in [7, 11) is 0. The fraction of sp³-hybridized carbons (Fsp3) is 0.583. The summed E-state index contributed by atoms with van der Waals surface area (Å²) in [5, 5.41) is 3.30. The van der Waals surface area contributed by atoms with Gasteiger partial charge in [0.05, 0.1) is 0 Å². The summed E-state index contributed by atoms with van der Waals surface area (Å²) in [4.78, 5) is 29.1. The van der Waals surface area contributed by atoms with Crippen molar-refractivity contribution >= 4 is 28.7 Å². The Morgan fingerprint density at radius 1 is 1.65 bits per heavy atom. The summed E-state index contributed by atoms with van der Waals surface area (Å²) in [6, 6.07) is 0. The van der Waals surface area contributed by atoms with Gasteiger partial charge in [-0.3, -0.25) is 11.1 Å². The van der Waals surface area contributed by atoms with Gasteiger partial charge in [-0.25, -0.2) is 4.98 Å². The van der Waals surface area contributed by atoms with Crippen LogP contribution in [0.1, 0.15) is 24.6 Å². The minimum absolute atomic E-state index is 0. The Hall–Kier alpha value is -0.713. The molecule has 0 aromatic carbocycles. The summed E-state index contributed by atoms with van der Waals surface area (Å²) >= 11 is 1.48. The van der Waals surface area contributed by atoms with Crippen molar-refractivity contribution in [3.05, 3.63) is 11.1 Å². The van der Waals surface area contributed by atoms with Gasteiger partial charge >= 0.3 is 18.9 Å². The number of hydrogen-bond acceptors (Lipinski definition) is 6. The van der Waals surface area contributed by atoms with E-state index < -0.39 is 0 Å². The van der Waals surface area contributed by atoms with E-state index in [4.69, 9.17) is 0 Å². The second-order valence-corrected chi connectivity index (χ2v) is 5.62. The number of hydrogen-bond donors (Lipinski definition) is 1. The molecule has 0 bridgehead atoms. The molecule has 1 aromatic rings. The molecule has 1 unspecified atom stereocenters. The SMILES string of the molecule is CC(=O)Nc1ncc(CN2CCCC([C-]=O)C2)s1.[Li+].[OH-]. The van der Waals surface area contributed by atoms with Crippen LogP contribution in [0.5, 0.6) is 0 Å². The second kappa shape index (κ2) is 9.27. The maximum atomic E-state index is 10.9. The van der Waals surface area contributed by atoms with Crippen molar-refractivity contribution in [1.29, 1.82) is 0 Å². The minimum Gasteiger partial charge on any atom is -0.870 e. The van der Waals surface area contributed by atoms with E-state index in [1.807, 2.05) is 0 Å². The maximum Gasteiger partial charge on any atom is 1.00 e. The average Bonchev–Trinajstić information content (AvgIpc) is 2.76. The zero-order valence-corrected chi connectivity index (χ0v) is 12.6. The molecule has 0 radical (unpaired) electrons. The minimum atomic E-state index is -0.107. The van der Waals surface area contributed by atoms with Crippen LogP contribution in [-0.4, -0.2) is 40.6 Å². The number of aromatic nitrogens is 1. The molecule has 8 heteroatoms. The van der Waals surface area contributed by atoms with Crippen LogP contribution >= 0.6 is 11.3 Å². The number of carbonyl (C=O) groups excluding carboxylic acids is 2. The van der Waals surface area contributed by atoms with E-state index in [2.05, 4.69) is 21.5 Å². The number of amides is 1. The van der Waals surface area contributed by atoms with E-state index in [1.54, 1.807) is 6.20 Å². The largest absolute Gasteiger partial charge is 1.00 e. The molecule has 0 saturated carbocycles. The van der Waals surface area contributed by atoms with E-state index in [1.165, 1.54) is 18.3 Å². The Morgan fingerprint density at radius 3 is 3.05 bits per heavy atom. The van der Waals surface area contributed by atoms with Crippen LogP contribution in [0.15, 0.2) is 6.20 Å². The number of nitrogens with one attached hydrogen (secondary N) is 1. The molecule has 1 amide bonds. The van der Waals surface area contributed by atoms with Crippen molar-refractivity contribution in [1.82, 2.24) is 9.88 Å². The number of carbonyl (C=O) groups is 1. The van der Waals surface area contributed by atoms with Crippen LogP contribution in [-0.2, 0) is 16.1 Å². The number of piperidine rings is 1. The second-order valence-electron chi connectivity index (χ2n) is 4.51. The van der Waals surface area contributed by atoms with Crippen LogP contribution < -0.4 is 24.2 Å². The molecule has 1 aromatic heterocycles. The standard InChI is InChI=1S/C12H16N3O2S.Li.H2O/c1-9(17)14-12-13-5-11(18-12)7-15-4-2-3-10(6-15)8-16;;/h5,10H,2-4,6-7H2,1H3,(H,13,14,17);;1H2/q-1;+1;/p-1.